The predicted octanol–water partition coefficient (Wildman–Crippen LogP) is 7.80. The second-order valence-corrected chi connectivity index (χ2v) is 10.2. The van der Waals surface area contributed by atoms with Gasteiger partial charge in [-0.05, 0) is 54.2 Å². The predicted molar refractivity (Wildman–Crippen MR) is 132 cm³/mol. The molecule has 0 saturated heterocycles. The van der Waals surface area contributed by atoms with Crippen molar-refractivity contribution in [1.29, 1.82) is 0 Å². The van der Waals surface area contributed by atoms with E-state index >= 15 is 0 Å². The Balaban J connectivity index is 3.03. The number of carboxylic acid groups (broad SMARTS) is 2. The first-order valence-corrected chi connectivity index (χ1v) is 12.8. The highest BCUT2D eigenvalue weighted by Crippen LogP contribution is 2.35. The molecule has 0 fully saturated rings. The van der Waals surface area contributed by atoms with E-state index in [1.165, 1.54) is 44.9 Å². The van der Waals surface area contributed by atoms with Gasteiger partial charge in [0.2, 0.25) is 0 Å². The lowest BCUT2D eigenvalue weighted by molar-refractivity contribution is -0.140. The second-order valence-electron chi connectivity index (χ2n) is 10.2. The van der Waals surface area contributed by atoms with Crippen LogP contribution in [0, 0.1) is 11.8 Å². The molecule has 1 rings (SSSR count). The van der Waals surface area contributed by atoms with Crippen LogP contribution >= 0.6 is 0 Å². The molecule has 0 amide bonds. The SMILES string of the molecule is CCCCCCCCCCc1ccc(C(CC(C)C)C(=O)O)c(C(CC(C)C)C(=O)O)c1. The molecule has 4 heteroatoms. The Labute approximate surface area is 195 Å². The van der Waals surface area contributed by atoms with Crippen LogP contribution in [0.3, 0.4) is 0 Å². The summed E-state index contributed by atoms with van der Waals surface area (Å²) in [6.07, 6.45) is 12.0. The Bertz CT molecular complexity index is 693. The minimum Gasteiger partial charge on any atom is -0.481 e. The minimum atomic E-state index is -0.871. The summed E-state index contributed by atoms with van der Waals surface area (Å²) in [7, 11) is 0. The Hall–Kier alpha value is -1.84. The van der Waals surface area contributed by atoms with E-state index in [2.05, 4.69) is 6.92 Å². The van der Waals surface area contributed by atoms with E-state index in [9.17, 15) is 19.8 Å². The van der Waals surface area contributed by atoms with Crippen LogP contribution in [-0.4, -0.2) is 22.2 Å². The summed E-state index contributed by atoms with van der Waals surface area (Å²) in [5, 5.41) is 19.9. The zero-order valence-corrected chi connectivity index (χ0v) is 21.0. The standard InChI is InChI=1S/C28H46O4/c1-6-7-8-9-10-11-12-13-14-22-15-16-23(25(27(29)30)17-20(2)3)24(19-22)26(28(31)32)18-21(4)5/h15-16,19-21,25-26H,6-14,17-18H2,1-5H3,(H,29,30)(H,31,32). The van der Waals surface area contributed by atoms with E-state index in [-0.39, 0.29) is 11.8 Å². The van der Waals surface area contributed by atoms with Crippen LogP contribution < -0.4 is 0 Å². The maximum absolute atomic E-state index is 12.2. The number of rotatable bonds is 17. The van der Waals surface area contributed by atoms with Gasteiger partial charge in [0, 0.05) is 0 Å². The highest BCUT2D eigenvalue weighted by Gasteiger charge is 2.30. The largest absolute Gasteiger partial charge is 0.481 e. The van der Waals surface area contributed by atoms with Crippen molar-refractivity contribution in [3.05, 3.63) is 34.9 Å². The minimum absolute atomic E-state index is 0.216. The average Bonchev–Trinajstić information content (AvgIpc) is 2.71. The van der Waals surface area contributed by atoms with Gasteiger partial charge in [-0.25, -0.2) is 0 Å². The summed E-state index contributed by atoms with van der Waals surface area (Å²) in [5.41, 5.74) is 2.51. The van der Waals surface area contributed by atoms with Gasteiger partial charge < -0.3 is 10.2 Å². The smallest absolute Gasteiger partial charge is 0.310 e. The van der Waals surface area contributed by atoms with Gasteiger partial charge in [-0.2, -0.15) is 0 Å². The molecule has 32 heavy (non-hydrogen) atoms. The maximum Gasteiger partial charge on any atom is 0.310 e. The van der Waals surface area contributed by atoms with Crippen LogP contribution in [0.1, 0.15) is 127 Å². The van der Waals surface area contributed by atoms with E-state index in [1.54, 1.807) is 0 Å². The van der Waals surface area contributed by atoms with E-state index in [0.717, 1.165) is 18.4 Å². The molecule has 0 aliphatic rings. The van der Waals surface area contributed by atoms with Gasteiger partial charge in [0.05, 0.1) is 11.8 Å². The van der Waals surface area contributed by atoms with E-state index in [4.69, 9.17) is 0 Å². The highest BCUT2D eigenvalue weighted by atomic mass is 16.4. The van der Waals surface area contributed by atoms with Crippen molar-refractivity contribution < 1.29 is 19.8 Å². The molecule has 0 heterocycles. The van der Waals surface area contributed by atoms with Gasteiger partial charge in [-0.3, -0.25) is 9.59 Å². The lowest BCUT2D eigenvalue weighted by atomic mass is 9.80. The van der Waals surface area contributed by atoms with Gasteiger partial charge >= 0.3 is 11.9 Å². The third kappa shape index (κ3) is 10.2. The highest BCUT2D eigenvalue weighted by molar-refractivity contribution is 5.80. The van der Waals surface area contributed by atoms with E-state index in [0.29, 0.717) is 24.0 Å². The van der Waals surface area contributed by atoms with Gasteiger partial charge in [-0.15, -0.1) is 0 Å². The topological polar surface area (TPSA) is 74.6 Å². The van der Waals surface area contributed by atoms with Crippen molar-refractivity contribution in [1.82, 2.24) is 0 Å². The van der Waals surface area contributed by atoms with Gasteiger partial charge in [-0.1, -0.05) is 97.8 Å². The van der Waals surface area contributed by atoms with Crippen LogP contribution in [0.15, 0.2) is 18.2 Å². The number of hydrogen-bond donors (Lipinski definition) is 2. The molecule has 2 atom stereocenters. The molecule has 182 valence electrons. The number of unbranched alkanes of at least 4 members (excludes halogenated alkanes) is 7. The molecule has 1 aromatic carbocycles. The first-order chi connectivity index (χ1) is 15.2. The quantitative estimate of drug-likeness (QED) is 0.239. The summed E-state index contributed by atoms with van der Waals surface area (Å²) in [6.45, 7) is 10.3. The third-order valence-corrected chi connectivity index (χ3v) is 6.23. The molecular formula is C28H46O4. The molecule has 4 nitrogen and oxygen atoms in total. The van der Waals surface area contributed by atoms with Crippen molar-refractivity contribution >= 4 is 11.9 Å². The van der Waals surface area contributed by atoms with Gasteiger partial charge in [0.25, 0.3) is 0 Å². The van der Waals surface area contributed by atoms with Crippen molar-refractivity contribution in [2.24, 2.45) is 11.8 Å². The zero-order chi connectivity index (χ0) is 24.1. The number of aryl methyl sites for hydroxylation is 1. The third-order valence-electron chi connectivity index (χ3n) is 6.23. The zero-order valence-electron chi connectivity index (χ0n) is 21.0. The number of benzene rings is 1. The molecule has 0 bridgehead atoms. The Morgan fingerprint density at radius 1 is 0.719 bits per heavy atom. The molecule has 0 aliphatic heterocycles. The normalized spacial score (nSPS) is 13.5. The van der Waals surface area contributed by atoms with E-state index < -0.39 is 23.8 Å². The number of carboxylic acids is 2. The lowest BCUT2D eigenvalue weighted by Gasteiger charge is -2.24. The molecule has 1 aromatic rings. The summed E-state index contributed by atoms with van der Waals surface area (Å²) < 4.78 is 0. The Morgan fingerprint density at radius 2 is 1.19 bits per heavy atom. The van der Waals surface area contributed by atoms with E-state index in [1.807, 2.05) is 45.9 Å². The molecule has 0 saturated carbocycles. The van der Waals surface area contributed by atoms with Crippen molar-refractivity contribution in [2.75, 3.05) is 0 Å². The van der Waals surface area contributed by atoms with Crippen LogP contribution in [0.25, 0.3) is 0 Å². The number of carbonyl (C=O) groups is 2. The fourth-order valence-corrected chi connectivity index (χ4v) is 4.53. The second kappa shape index (κ2) is 15.1. The number of hydrogen-bond acceptors (Lipinski definition) is 2. The Morgan fingerprint density at radius 3 is 1.66 bits per heavy atom. The molecule has 0 aliphatic carbocycles. The Kier molecular flexibility index (Phi) is 13.3. The molecule has 2 N–H and O–H groups in total. The molecule has 0 spiro atoms. The van der Waals surface area contributed by atoms with Crippen LogP contribution in [0.4, 0.5) is 0 Å². The fourth-order valence-electron chi connectivity index (χ4n) is 4.53. The van der Waals surface area contributed by atoms with Crippen LogP contribution in [0.2, 0.25) is 0 Å². The summed E-state index contributed by atoms with van der Waals surface area (Å²) >= 11 is 0. The summed E-state index contributed by atoms with van der Waals surface area (Å²) in [5.74, 6) is -2.64. The van der Waals surface area contributed by atoms with Crippen molar-refractivity contribution in [2.45, 2.75) is 117 Å². The number of aliphatic carboxylic acids is 2. The summed E-state index contributed by atoms with van der Waals surface area (Å²) in [4.78, 5) is 24.3. The molecular weight excluding hydrogens is 400 g/mol. The maximum atomic E-state index is 12.2. The van der Waals surface area contributed by atoms with Gasteiger partial charge in [0.1, 0.15) is 0 Å². The van der Waals surface area contributed by atoms with Crippen LogP contribution in [0.5, 0.6) is 0 Å². The molecule has 0 radical (unpaired) electrons. The first-order valence-electron chi connectivity index (χ1n) is 12.8. The monoisotopic (exact) mass is 446 g/mol. The van der Waals surface area contributed by atoms with Crippen molar-refractivity contribution in [3.63, 3.8) is 0 Å². The summed E-state index contributed by atoms with van der Waals surface area (Å²) in [6, 6.07) is 5.91. The average molecular weight is 447 g/mol. The van der Waals surface area contributed by atoms with Crippen LogP contribution in [-0.2, 0) is 16.0 Å². The molecule has 2 unspecified atom stereocenters. The van der Waals surface area contributed by atoms with Gasteiger partial charge in [0.15, 0.2) is 0 Å². The molecule has 0 aromatic heterocycles. The van der Waals surface area contributed by atoms with Crippen molar-refractivity contribution in [3.8, 4) is 0 Å². The fraction of sp³-hybridized carbons (Fsp3) is 0.714. The first kappa shape index (κ1) is 28.2. The lowest BCUT2D eigenvalue weighted by Crippen LogP contribution is -2.21.